The highest BCUT2D eigenvalue weighted by atomic mass is 32.1. The first-order valence-electron chi connectivity index (χ1n) is 13.5. The first-order valence-corrected chi connectivity index (χ1v) is 14.3. The molecular weight excluding hydrogens is 514 g/mol. The number of nitrogens with two attached hydrogens (primary N) is 4. The molecule has 3 aromatic rings. The van der Waals surface area contributed by atoms with Crippen molar-refractivity contribution in [2.45, 2.75) is 50.3 Å². The molecule has 0 bridgehead atoms. The molecule has 2 fully saturated rings. The van der Waals surface area contributed by atoms with Gasteiger partial charge in [-0.2, -0.15) is 0 Å². The lowest BCUT2D eigenvalue weighted by molar-refractivity contribution is -0.126. The lowest BCUT2D eigenvalue weighted by atomic mass is 9.66. The number of carbonyl (C=O) groups is 2. The van der Waals surface area contributed by atoms with Crippen LogP contribution in [0.3, 0.4) is 0 Å². The van der Waals surface area contributed by atoms with Gasteiger partial charge in [0.05, 0.1) is 34.2 Å². The average Bonchev–Trinajstić information content (AvgIpc) is 3.32. The number of anilines is 2. The second-order valence-electron chi connectivity index (χ2n) is 11.1. The number of hydrogen-bond acceptors (Lipinski definition) is 9. The maximum atomic E-state index is 13.5. The molecule has 206 valence electrons. The third-order valence-corrected chi connectivity index (χ3v) is 9.85. The summed E-state index contributed by atoms with van der Waals surface area (Å²) in [5, 5.41) is 0.783. The molecule has 0 saturated carbocycles. The molecule has 6 rings (SSSR count). The Bertz CT molecular complexity index is 1470. The van der Waals surface area contributed by atoms with Crippen LogP contribution in [0.15, 0.2) is 30.3 Å². The van der Waals surface area contributed by atoms with Crippen LogP contribution in [-0.2, 0) is 15.1 Å². The van der Waals surface area contributed by atoms with Crippen LogP contribution in [0.4, 0.5) is 11.4 Å². The number of ether oxygens (including phenoxy) is 2. The van der Waals surface area contributed by atoms with Gasteiger partial charge in [0.25, 0.3) is 5.91 Å². The summed E-state index contributed by atoms with van der Waals surface area (Å²) in [6.45, 7) is 4.61. The number of rotatable bonds is 5. The third kappa shape index (κ3) is 4.35. The molecule has 1 aromatic heterocycles. The van der Waals surface area contributed by atoms with E-state index >= 15 is 0 Å². The molecule has 3 aliphatic rings. The topological polar surface area (TPSA) is 160 Å². The Balaban J connectivity index is 1.33. The van der Waals surface area contributed by atoms with Gasteiger partial charge in [0.2, 0.25) is 0 Å². The van der Waals surface area contributed by atoms with E-state index in [2.05, 4.69) is 24.0 Å². The van der Waals surface area contributed by atoms with Crippen molar-refractivity contribution in [3.05, 3.63) is 51.9 Å². The van der Waals surface area contributed by atoms with Crippen LogP contribution in [0.2, 0.25) is 0 Å². The van der Waals surface area contributed by atoms with Crippen LogP contribution in [-0.4, -0.2) is 44.1 Å². The van der Waals surface area contributed by atoms with Gasteiger partial charge in [-0.1, -0.05) is 6.07 Å². The number of ketones is 1. The lowest BCUT2D eigenvalue weighted by Gasteiger charge is -2.46. The molecule has 3 heterocycles. The predicted octanol–water partition coefficient (Wildman–Crippen LogP) is 3.10. The van der Waals surface area contributed by atoms with Crippen LogP contribution in [0.25, 0.3) is 10.1 Å². The average molecular weight is 550 g/mol. The van der Waals surface area contributed by atoms with Crippen molar-refractivity contribution in [3.8, 4) is 5.75 Å². The summed E-state index contributed by atoms with van der Waals surface area (Å²) in [5.74, 6) is -0.0411. The van der Waals surface area contributed by atoms with Crippen LogP contribution in [0.1, 0.15) is 58.1 Å². The standard InChI is InChI=1S/C29H35N5O4S/c1-15-12-17(38-16-7-10-37-11-8-16)2-5-22(15)34-9-6-23(35)19(14-34)29(33)13-21(31)25-24-18(29)3-4-20(30)26(24)39-27(25)28(32)36/h2-5,12,16,19,21H,6-11,13-14,30-31,33H2,1H3,(H2,32,36). The molecule has 2 aliphatic heterocycles. The van der Waals surface area contributed by atoms with E-state index in [1.165, 1.54) is 11.3 Å². The monoisotopic (exact) mass is 549 g/mol. The molecule has 2 aromatic carbocycles. The molecular formula is C29H35N5O4S. The number of aryl methyl sites for hydroxylation is 1. The molecule has 3 atom stereocenters. The van der Waals surface area contributed by atoms with Gasteiger partial charge in [0, 0.05) is 60.7 Å². The van der Waals surface area contributed by atoms with E-state index in [0.29, 0.717) is 42.1 Å². The fourth-order valence-electron chi connectivity index (χ4n) is 6.62. The Morgan fingerprint density at radius 3 is 2.69 bits per heavy atom. The Hall–Kier alpha value is -3.18. The van der Waals surface area contributed by atoms with Crippen molar-refractivity contribution < 1.29 is 19.1 Å². The minimum atomic E-state index is -1.01. The van der Waals surface area contributed by atoms with Crippen LogP contribution in [0.5, 0.6) is 5.75 Å². The largest absolute Gasteiger partial charge is 0.490 e. The number of benzene rings is 2. The van der Waals surface area contributed by atoms with Crippen molar-refractivity contribution in [3.63, 3.8) is 0 Å². The Morgan fingerprint density at radius 2 is 1.97 bits per heavy atom. The van der Waals surface area contributed by atoms with E-state index in [0.717, 1.165) is 58.7 Å². The van der Waals surface area contributed by atoms with Gasteiger partial charge >= 0.3 is 0 Å². The number of carbonyl (C=O) groups excluding carboxylic acids is 2. The van der Waals surface area contributed by atoms with E-state index in [1.54, 1.807) is 6.07 Å². The number of piperidine rings is 1. The number of primary amides is 1. The van der Waals surface area contributed by atoms with Crippen molar-refractivity contribution in [2.75, 3.05) is 36.9 Å². The van der Waals surface area contributed by atoms with Crippen LogP contribution >= 0.6 is 11.3 Å². The van der Waals surface area contributed by atoms with E-state index in [-0.39, 0.29) is 11.9 Å². The smallest absolute Gasteiger partial charge is 0.259 e. The zero-order valence-corrected chi connectivity index (χ0v) is 22.9. The molecule has 3 unspecified atom stereocenters. The molecule has 0 spiro atoms. The fourth-order valence-corrected chi connectivity index (χ4v) is 7.80. The molecule has 2 saturated heterocycles. The highest BCUT2D eigenvalue weighted by molar-refractivity contribution is 7.21. The highest BCUT2D eigenvalue weighted by Gasteiger charge is 2.49. The van der Waals surface area contributed by atoms with Gasteiger partial charge < -0.3 is 37.3 Å². The van der Waals surface area contributed by atoms with Crippen LogP contribution < -0.4 is 32.6 Å². The van der Waals surface area contributed by atoms with Gasteiger partial charge in [0.15, 0.2) is 0 Å². The van der Waals surface area contributed by atoms with Gasteiger partial charge in [-0.3, -0.25) is 9.59 Å². The van der Waals surface area contributed by atoms with Crippen molar-refractivity contribution in [1.29, 1.82) is 0 Å². The number of Topliss-reactive ketones (excluding diaryl/α,β-unsaturated/α-hetero) is 1. The number of hydrogen-bond donors (Lipinski definition) is 4. The molecule has 9 nitrogen and oxygen atoms in total. The van der Waals surface area contributed by atoms with Crippen LogP contribution in [0, 0.1) is 12.8 Å². The van der Waals surface area contributed by atoms with Gasteiger partial charge in [-0.25, -0.2) is 0 Å². The zero-order valence-electron chi connectivity index (χ0n) is 22.1. The molecule has 39 heavy (non-hydrogen) atoms. The quantitative estimate of drug-likeness (QED) is 0.353. The number of nitrogens with zero attached hydrogens (tertiary/aromatic N) is 1. The maximum absolute atomic E-state index is 13.5. The van der Waals surface area contributed by atoms with Crippen molar-refractivity contribution >= 4 is 44.5 Å². The Morgan fingerprint density at radius 1 is 1.21 bits per heavy atom. The Kier molecular flexibility index (Phi) is 6.53. The van der Waals surface area contributed by atoms with Gasteiger partial charge in [0.1, 0.15) is 17.6 Å². The first kappa shape index (κ1) is 26.1. The van der Waals surface area contributed by atoms with E-state index in [4.69, 9.17) is 32.4 Å². The summed E-state index contributed by atoms with van der Waals surface area (Å²) in [6.07, 6.45) is 2.67. The maximum Gasteiger partial charge on any atom is 0.259 e. The highest BCUT2D eigenvalue weighted by Crippen LogP contribution is 2.52. The molecule has 0 radical (unpaired) electrons. The molecule has 8 N–H and O–H groups in total. The number of nitrogen functional groups attached to an aromatic ring is 1. The van der Waals surface area contributed by atoms with Crippen molar-refractivity contribution in [1.82, 2.24) is 0 Å². The van der Waals surface area contributed by atoms with E-state index in [1.807, 2.05) is 12.1 Å². The second kappa shape index (κ2) is 9.78. The normalized spacial score (nSPS) is 25.7. The van der Waals surface area contributed by atoms with E-state index in [9.17, 15) is 9.59 Å². The molecule has 1 amide bonds. The SMILES string of the molecule is Cc1cc(OC2CCOCC2)ccc1N1CCC(=O)C(C2(N)CC(N)c3c(C(N)=O)sc4c(N)ccc2c34)C1. The Labute approximate surface area is 231 Å². The summed E-state index contributed by atoms with van der Waals surface area (Å²) >= 11 is 1.25. The number of amides is 1. The summed E-state index contributed by atoms with van der Waals surface area (Å²) < 4.78 is 12.4. The van der Waals surface area contributed by atoms with Gasteiger partial charge in [-0.15, -0.1) is 11.3 Å². The predicted molar refractivity (Wildman–Crippen MR) is 153 cm³/mol. The van der Waals surface area contributed by atoms with E-state index < -0.39 is 23.4 Å². The lowest BCUT2D eigenvalue weighted by Crippen LogP contribution is -2.57. The molecule has 1 aliphatic carbocycles. The minimum absolute atomic E-state index is 0.122. The minimum Gasteiger partial charge on any atom is -0.490 e. The fraction of sp³-hybridized carbons (Fsp3) is 0.448. The molecule has 10 heteroatoms. The summed E-state index contributed by atoms with van der Waals surface area (Å²) in [5.41, 5.74) is 29.1. The van der Waals surface area contributed by atoms with Crippen molar-refractivity contribution in [2.24, 2.45) is 23.1 Å². The summed E-state index contributed by atoms with van der Waals surface area (Å²) in [6, 6.07) is 9.30. The summed E-state index contributed by atoms with van der Waals surface area (Å²) in [4.78, 5) is 28.4. The first-order chi connectivity index (χ1) is 18.7. The third-order valence-electron chi connectivity index (χ3n) is 8.58. The summed E-state index contributed by atoms with van der Waals surface area (Å²) in [7, 11) is 0. The zero-order chi connectivity index (χ0) is 27.5. The van der Waals surface area contributed by atoms with Gasteiger partial charge in [-0.05, 0) is 48.7 Å². The number of thiophene rings is 1. The second-order valence-corrected chi connectivity index (χ2v) is 12.1.